The summed E-state index contributed by atoms with van der Waals surface area (Å²) < 4.78 is 3.42. The molecule has 0 unspecified atom stereocenters. The first kappa shape index (κ1) is 16.1. The van der Waals surface area contributed by atoms with Crippen molar-refractivity contribution in [3.8, 4) is 0 Å². The van der Waals surface area contributed by atoms with E-state index in [4.69, 9.17) is 12.2 Å². The van der Waals surface area contributed by atoms with Gasteiger partial charge in [-0.15, -0.1) is 0 Å². The number of hydrogen-bond donors (Lipinski definition) is 1. The molecular formula is C17H19N3OS2. The molecule has 0 aliphatic rings. The quantitative estimate of drug-likeness (QED) is 0.701. The Morgan fingerprint density at radius 2 is 2.04 bits per heavy atom. The topological polar surface area (TPSA) is 50.7 Å². The number of carbonyl (C=O) groups excluding carboxylic acids is 1. The average Bonchev–Trinajstić information content (AvgIpc) is 2.44. The summed E-state index contributed by atoms with van der Waals surface area (Å²) in [5.74, 6) is 0.113. The highest BCUT2D eigenvalue weighted by molar-refractivity contribution is 7.71. The predicted molar refractivity (Wildman–Crippen MR) is 96.8 cm³/mol. The molecule has 0 saturated heterocycles. The van der Waals surface area contributed by atoms with Crippen LogP contribution in [0.15, 0.2) is 24.3 Å². The molecule has 0 aliphatic heterocycles. The highest BCUT2D eigenvalue weighted by Gasteiger charge is 2.32. The number of carbonyl (C=O) groups is 1. The molecule has 0 fully saturated rings. The largest absolute Gasteiger partial charge is 0.335 e. The molecule has 6 heteroatoms. The highest BCUT2D eigenvalue weighted by atomic mass is 32.1. The van der Waals surface area contributed by atoms with Crippen molar-refractivity contribution >= 4 is 39.9 Å². The van der Waals surface area contributed by atoms with Crippen LogP contribution in [0.1, 0.15) is 35.6 Å². The zero-order chi connectivity index (χ0) is 16.8. The van der Waals surface area contributed by atoms with E-state index in [-0.39, 0.29) is 5.91 Å². The van der Waals surface area contributed by atoms with Gasteiger partial charge in [0.1, 0.15) is 0 Å². The smallest absolute Gasteiger partial charge is 0.246 e. The Kier molecular flexibility index (Phi) is 3.98. The summed E-state index contributed by atoms with van der Waals surface area (Å²) in [5, 5.41) is 0. The number of nitrogens with one attached hydrogen (secondary N) is 1. The maximum Gasteiger partial charge on any atom is 0.246 e. The van der Waals surface area contributed by atoms with Gasteiger partial charge in [0.25, 0.3) is 0 Å². The molecule has 0 saturated carbocycles. The number of nitrogens with zero attached hydrogens (tertiary/aromatic N) is 2. The lowest BCUT2D eigenvalue weighted by Gasteiger charge is -2.27. The zero-order valence-corrected chi connectivity index (χ0v) is 15.3. The Balaban J connectivity index is 1.93. The molecule has 2 aromatic heterocycles. The first-order valence-corrected chi connectivity index (χ1v) is 8.66. The lowest BCUT2D eigenvalue weighted by atomic mass is 9.84. The number of benzene rings is 1. The number of hydrogen-bond acceptors (Lipinski definition) is 4. The molecule has 0 amide bonds. The van der Waals surface area contributed by atoms with Gasteiger partial charge in [-0.05, 0) is 61.7 Å². The van der Waals surface area contributed by atoms with Gasteiger partial charge < -0.3 is 4.98 Å². The monoisotopic (exact) mass is 345 g/mol. The van der Waals surface area contributed by atoms with E-state index in [1.165, 1.54) is 11.5 Å². The summed E-state index contributed by atoms with van der Waals surface area (Å²) in [7, 11) is 0. The fourth-order valence-electron chi connectivity index (χ4n) is 2.77. The lowest BCUT2D eigenvalue weighted by Crippen LogP contribution is -2.32. The van der Waals surface area contributed by atoms with Gasteiger partial charge in [0, 0.05) is 16.8 Å². The fraction of sp³-hybridized carbons (Fsp3) is 0.353. The summed E-state index contributed by atoms with van der Waals surface area (Å²) >= 11 is 6.61. The maximum atomic E-state index is 13.0. The molecule has 3 aromatic rings. The predicted octanol–water partition coefficient (Wildman–Crippen LogP) is 4.68. The summed E-state index contributed by atoms with van der Waals surface area (Å²) in [6.45, 7) is 7.89. The van der Waals surface area contributed by atoms with E-state index < -0.39 is 5.41 Å². The minimum atomic E-state index is -0.519. The van der Waals surface area contributed by atoms with Crippen LogP contribution in [-0.2, 0) is 6.42 Å². The molecule has 1 N–H and O–H groups in total. The summed E-state index contributed by atoms with van der Waals surface area (Å²) in [4.78, 5) is 20.4. The number of fused-ring (bicyclic) bond motifs is 1. The van der Waals surface area contributed by atoms with Crippen LogP contribution in [0.25, 0.3) is 10.2 Å². The van der Waals surface area contributed by atoms with Crippen molar-refractivity contribution in [1.29, 1.82) is 0 Å². The number of rotatable bonds is 3. The molecule has 0 radical (unpaired) electrons. The SMILES string of the molecule is Cc1nc(=S)[nH]c(C)c1CC(C)(C)C(=O)n1sc2ccccc21. The number of H-pyrrole nitrogens is 1. The standard InChI is InChI=1S/C17H19N3OS2/c1-10-12(11(2)19-16(22)18-10)9-17(3,4)15(21)20-13-7-5-6-8-14(13)23-20/h5-8H,9H2,1-4H3,(H,18,19,22). The second-order valence-electron chi connectivity index (χ2n) is 6.45. The molecule has 0 aliphatic carbocycles. The first-order chi connectivity index (χ1) is 10.8. The van der Waals surface area contributed by atoms with Gasteiger partial charge in [0.15, 0.2) is 4.77 Å². The van der Waals surface area contributed by atoms with Crippen LogP contribution in [0.5, 0.6) is 0 Å². The number of aromatic amines is 1. The van der Waals surface area contributed by atoms with Crippen molar-refractivity contribution in [3.05, 3.63) is 46.0 Å². The van der Waals surface area contributed by atoms with Gasteiger partial charge in [-0.2, -0.15) is 0 Å². The first-order valence-electron chi connectivity index (χ1n) is 7.47. The van der Waals surface area contributed by atoms with Gasteiger partial charge in [0.05, 0.1) is 10.2 Å². The molecule has 4 nitrogen and oxygen atoms in total. The van der Waals surface area contributed by atoms with E-state index >= 15 is 0 Å². The van der Waals surface area contributed by atoms with E-state index in [1.54, 1.807) is 3.96 Å². The number of aromatic nitrogens is 3. The summed E-state index contributed by atoms with van der Waals surface area (Å²) in [6.07, 6.45) is 0.627. The third-order valence-electron chi connectivity index (χ3n) is 4.11. The van der Waals surface area contributed by atoms with Crippen LogP contribution >= 0.6 is 23.8 Å². The van der Waals surface area contributed by atoms with Crippen molar-refractivity contribution < 1.29 is 4.79 Å². The minimum absolute atomic E-state index is 0.113. The summed E-state index contributed by atoms with van der Waals surface area (Å²) in [5.41, 5.74) is 3.42. The fourth-order valence-corrected chi connectivity index (χ4v) is 4.10. The van der Waals surface area contributed by atoms with Crippen LogP contribution in [0.3, 0.4) is 0 Å². The Hall–Kier alpha value is -1.79. The molecule has 23 heavy (non-hydrogen) atoms. The van der Waals surface area contributed by atoms with Gasteiger partial charge >= 0.3 is 0 Å². The molecule has 120 valence electrons. The Morgan fingerprint density at radius 1 is 1.35 bits per heavy atom. The second kappa shape index (κ2) is 5.69. The van der Waals surface area contributed by atoms with E-state index in [9.17, 15) is 4.79 Å². The Bertz CT molecular complexity index is 920. The molecule has 0 spiro atoms. The van der Waals surface area contributed by atoms with Crippen molar-refractivity contribution in [2.24, 2.45) is 5.41 Å². The zero-order valence-electron chi connectivity index (χ0n) is 13.6. The van der Waals surface area contributed by atoms with E-state index in [0.29, 0.717) is 11.2 Å². The molecule has 0 bridgehead atoms. The molecule has 0 atom stereocenters. The minimum Gasteiger partial charge on any atom is -0.335 e. The average molecular weight is 345 g/mol. The lowest BCUT2D eigenvalue weighted by molar-refractivity contribution is 0.0762. The summed E-state index contributed by atoms with van der Waals surface area (Å²) in [6, 6.07) is 7.97. The van der Waals surface area contributed by atoms with E-state index in [2.05, 4.69) is 9.97 Å². The number of para-hydroxylation sites is 1. The van der Waals surface area contributed by atoms with Crippen molar-refractivity contribution in [2.75, 3.05) is 0 Å². The molecule has 2 heterocycles. The number of aryl methyl sites for hydroxylation is 2. The normalized spacial score (nSPS) is 12.0. The van der Waals surface area contributed by atoms with Crippen LogP contribution in [-0.4, -0.2) is 19.8 Å². The van der Waals surface area contributed by atoms with Gasteiger partial charge in [0.2, 0.25) is 5.91 Å². The van der Waals surface area contributed by atoms with Gasteiger partial charge in [-0.3, -0.25) is 4.79 Å². The second-order valence-corrected chi connectivity index (χ2v) is 7.82. The van der Waals surface area contributed by atoms with Crippen molar-refractivity contribution in [1.82, 2.24) is 13.9 Å². The maximum absolute atomic E-state index is 13.0. The third kappa shape index (κ3) is 2.88. The van der Waals surface area contributed by atoms with Gasteiger partial charge in [-0.1, -0.05) is 26.0 Å². The molecular weight excluding hydrogens is 326 g/mol. The van der Waals surface area contributed by atoms with E-state index in [0.717, 1.165) is 27.2 Å². The molecule has 3 rings (SSSR count). The van der Waals surface area contributed by atoms with E-state index in [1.807, 2.05) is 52.0 Å². The van der Waals surface area contributed by atoms with Gasteiger partial charge in [-0.25, -0.2) is 8.94 Å². The van der Waals surface area contributed by atoms with Crippen LogP contribution in [0.2, 0.25) is 0 Å². The van der Waals surface area contributed by atoms with Crippen LogP contribution < -0.4 is 0 Å². The Morgan fingerprint density at radius 3 is 2.70 bits per heavy atom. The third-order valence-corrected chi connectivity index (χ3v) is 5.39. The van der Waals surface area contributed by atoms with Crippen molar-refractivity contribution in [3.63, 3.8) is 0 Å². The Labute approximate surface area is 144 Å². The van der Waals surface area contributed by atoms with Crippen LogP contribution in [0, 0.1) is 24.0 Å². The van der Waals surface area contributed by atoms with Crippen LogP contribution in [0.4, 0.5) is 0 Å². The molecule has 1 aromatic carbocycles. The highest BCUT2D eigenvalue weighted by Crippen LogP contribution is 2.32. The van der Waals surface area contributed by atoms with Crippen molar-refractivity contribution in [2.45, 2.75) is 34.1 Å².